The predicted molar refractivity (Wildman–Crippen MR) is 87.5 cm³/mol. The maximum Gasteiger partial charge on any atom is 0.0835 e. The zero-order valence-electron chi connectivity index (χ0n) is 11.1. The number of likely N-dealkylation sites (tertiary alicyclic amines) is 1. The number of benzene rings is 1. The van der Waals surface area contributed by atoms with Crippen molar-refractivity contribution in [2.24, 2.45) is 0 Å². The van der Waals surface area contributed by atoms with Gasteiger partial charge in [-0.1, -0.05) is 29.6 Å². The predicted octanol–water partition coefficient (Wildman–Crippen LogP) is 5.04. The van der Waals surface area contributed by atoms with Gasteiger partial charge in [-0.25, -0.2) is 0 Å². The minimum Gasteiger partial charge on any atom is -0.384 e. The first kappa shape index (κ1) is 15.4. The third-order valence-electron chi connectivity index (χ3n) is 3.75. The molecule has 0 aromatic heterocycles. The average Bonchev–Trinajstić information content (AvgIpc) is 2.41. The van der Waals surface area contributed by atoms with Crippen LogP contribution in [0.5, 0.6) is 0 Å². The Morgan fingerprint density at radius 3 is 2.84 bits per heavy atom. The maximum atomic E-state index is 6.21. The summed E-state index contributed by atoms with van der Waals surface area (Å²) in [5.74, 6) is 0. The smallest absolute Gasteiger partial charge is 0.0835 e. The molecule has 1 aromatic rings. The molecule has 5 heteroatoms. The third kappa shape index (κ3) is 4.01. The SMILES string of the molecule is CN1CCCCC1CCNc1ccc(Br)c(Cl)c1Cl. The van der Waals surface area contributed by atoms with E-state index < -0.39 is 0 Å². The van der Waals surface area contributed by atoms with E-state index >= 15 is 0 Å². The lowest BCUT2D eigenvalue weighted by atomic mass is 10.0. The zero-order valence-corrected chi connectivity index (χ0v) is 14.2. The number of halogens is 3. The highest BCUT2D eigenvalue weighted by atomic mass is 79.9. The van der Waals surface area contributed by atoms with Crippen molar-refractivity contribution in [1.82, 2.24) is 4.90 Å². The Morgan fingerprint density at radius 2 is 2.11 bits per heavy atom. The van der Waals surface area contributed by atoms with E-state index in [1.165, 1.54) is 25.8 Å². The molecule has 1 aliphatic heterocycles. The van der Waals surface area contributed by atoms with Gasteiger partial charge in [0.25, 0.3) is 0 Å². The molecule has 1 atom stereocenters. The summed E-state index contributed by atoms with van der Waals surface area (Å²) >= 11 is 15.7. The van der Waals surface area contributed by atoms with Gasteiger partial charge in [0.15, 0.2) is 0 Å². The Morgan fingerprint density at radius 1 is 1.32 bits per heavy atom. The highest BCUT2D eigenvalue weighted by molar-refractivity contribution is 9.10. The molecule has 1 unspecified atom stereocenters. The van der Waals surface area contributed by atoms with Crippen molar-refractivity contribution in [3.05, 3.63) is 26.7 Å². The second-order valence-corrected chi connectivity index (χ2v) is 6.68. The van der Waals surface area contributed by atoms with E-state index in [1.54, 1.807) is 0 Å². The molecule has 0 saturated carbocycles. The van der Waals surface area contributed by atoms with Gasteiger partial charge in [0, 0.05) is 17.1 Å². The zero-order chi connectivity index (χ0) is 13.8. The molecule has 0 bridgehead atoms. The fourth-order valence-electron chi connectivity index (χ4n) is 2.54. The van der Waals surface area contributed by atoms with Gasteiger partial charge in [-0.2, -0.15) is 0 Å². The summed E-state index contributed by atoms with van der Waals surface area (Å²) in [5.41, 5.74) is 0.910. The van der Waals surface area contributed by atoms with E-state index in [9.17, 15) is 0 Å². The van der Waals surface area contributed by atoms with Crippen molar-refractivity contribution < 1.29 is 0 Å². The molecule has 1 saturated heterocycles. The van der Waals surface area contributed by atoms with Crippen LogP contribution in [0, 0.1) is 0 Å². The lowest BCUT2D eigenvalue weighted by Crippen LogP contribution is -2.37. The summed E-state index contributed by atoms with van der Waals surface area (Å²) in [6.07, 6.45) is 5.11. The topological polar surface area (TPSA) is 15.3 Å². The fourth-order valence-corrected chi connectivity index (χ4v) is 3.39. The molecule has 1 heterocycles. The molecular formula is C14H19BrCl2N2. The maximum absolute atomic E-state index is 6.21. The first-order chi connectivity index (χ1) is 9.09. The number of anilines is 1. The number of hydrogen-bond donors (Lipinski definition) is 1. The third-order valence-corrected chi connectivity index (χ3v) is 5.52. The van der Waals surface area contributed by atoms with Crippen molar-refractivity contribution in [3.63, 3.8) is 0 Å². The van der Waals surface area contributed by atoms with Gasteiger partial charge in [-0.3, -0.25) is 0 Å². The first-order valence-corrected chi connectivity index (χ1v) is 8.22. The molecule has 19 heavy (non-hydrogen) atoms. The van der Waals surface area contributed by atoms with Crippen LogP contribution < -0.4 is 5.32 Å². The molecule has 0 aliphatic carbocycles. The van der Waals surface area contributed by atoms with E-state index in [2.05, 4.69) is 33.2 Å². The van der Waals surface area contributed by atoms with Crippen molar-refractivity contribution in [2.75, 3.05) is 25.5 Å². The Labute approximate surface area is 133 Å². The Bertz CT molecular complexity index is 440. The summed E-state index contributed by atoms with van der Waals surface area (Å²) < 4.78 is 0.830. The van der Waals surface area contributed by atoms with Crippen molar-refractivity contribution in [1.29, 1.82) is 0 Å². The van der Waals surface area contributed by atoms with E-state index in [4.69, 9.17) is 23.2 Å². The van der Waals surface area contributed by atoms with E-state index in [1.807, 2.05) is 12.1 Å². The molecule has 1 aliphatic rings. The van der Waals surface area contributed by atoms with Crippen molar-refractivity contribution in [3.8, 4) is 0 Å². The monoisotopic (exact) mass is 364 g/mol. The van der Waals surface area contributed by atoms with Gasteiger partial charge in [-0.15, -0.1) is 0 Å². The van der Waals surface area contributed by atoms with Gasteiger partial charge >= 0.3 is 0 Å². The van der Waals surface area contributed by atoms with E-state index in [0.29, 0.717) is 16.1 Å². The highest BCUT2D eigenvalue weighted by Crippen LogP contribution is 2.35. The number of piperidine rings is 1. The number of nitrogens with zero attached hydrogens (tertiary/aromatic N) is 1. The molecule has 1 aromatic carbocycles. The fraction of sp³-hybridized carbons (Fsp3) is 0.571. The molecule has 0 spiro atoms. The summed E-state index contributed by atoms with van der Waals surface area (Å²) in [7, 11) is 2.22. The van der Waals surface area contributed by atoms with Crippen molar-refractivity contribution >= 4 is 44.8 Å². The van der Waals surface area contributed by atoms with Gasteiger partial charge < -0.3 is 10.2 Å². The largest absolute Gasteiger partial charge is 0.384 e. The molecule has 2 rings (SSSR count). The first-order valence-electron chi connectivity index (χ1n) is 6.67. The van der Waals surface area contributed by atoms with Crippen LogP contribution in [0.2, 0.25) is 10.0 Å². The molecule has 0 amide bonds. The van der Waals surface area contributed by atoms with Crippen LogP contribution in [0.3, 0.4) is 0 Å². The Balaban J connectivity index is 1.87. The Kier molecular flexibility index (Phi) is 5.82. The standard InChI is InChI=1S/C14H19BrCl2N2/c1-19-9-3-2-4-10(19)7-8-18-12-6-5-11(15)13(16)14(12)17/h5-6,10,18H,2-4,7-9H2,1H3. The van der Waals surface area contributed by atoms with Crippen LogP contribution in [0.25, 0.3) is 0 Å². The summed E-state index contributed by atoms with van der Waals surface area (Å²) in [6.45, 7) is 2.14. The normalized spacial score (nSPS) is 20.5. The summed E-state index contributed by atoms with van der Waals surface area (Å²) in [5, 5.41) is 4.55. The van der Waals surface area contributed by atoms with Crippen LogP contribution in [-0.2, 0) is 0 Å². The average molecular weight is 366 g/mol. The minimum atomic E-state index is 0.571. The van der Waals surface area contributed by atoms with Crippen LogP contribution >= 0.6 is 39.1 Å². The molecule has 0 radical (unpaired) electrons. The van der Waals surface area contributed by atoms with Gasteiger partial charge in [-0.05, 0) is 60.9 Å². The molecule has 1 fully saturated rings. The Hall–Kier alpha value is 0.0400. The van der Waals surface area contributed by atoms with Crippen molar-refractivity contribution in [2.45, 2.75) is 31.7 Å². The number of hydrogen-bond acceptors (Lipinski definition) is 2. The number of nitrogens with one attached hydrogen (secondary N) is 1. The van der Waals surface area contributed by atoms with E-state index in [-0.39, 0.29) is 0 Å². The van der Waals surface area contributed by atoms with Crippen LogP contribution in [0.1, 0.15) is 25.7 Å². The summed E-state index contributed by atoms with van der Waals surface area (Å²) in [4.78, 5) is 2.46. The van der Waals surface area contributed by atoms with Gasteiger partial charge in [0.05, 0.1) is 15.7 Å². The molecular weight excluding hydrogens is 347 g/mol. The van der Waals surface area contributed by atoms with Crippen LogP contribution in [0.4, 0.5) is 5.69 Å². The molecule has 2 nitrogen and oxygen atoms in total. The second-order valence-electron chi connectivity index (χ2n) is 5.07. The molecule has 106 valence electrons. The van der Waals surface area contributed by atoms with Gasteiger partial charge in [0.1, 0.15) is 0 Å². The lowest BCUT2D eigenvalue weighted by Gasteiger charge is -2.32. The second kappa shape index (κ2) is 7.16. The number of rotatable bonds is 4. The van der Waals surface area contributed by atoms with Gasteiger partial charge in [0.2, 0.25) is 0 Å². The highest BCUT2D eigenvalue weighted by Gasteiger charge is 2.18. The van der Waals surface area contributed by atoms with Crippen LogP contribution in [0.15, 0.2) is 16.6 Å². The molecule has 1 N–H and O–H groups in total. The van der Waals surface area contributed by atoms with Crippen LogP contribution in [-0.4, -0.2) is 31.1 Å². The van der Waals surface area contributed by atoms with E-state index in [0.717, 1.165) is 23.1 Å². The quantitative estimate of drug-likeness (QED) is 0.751. The lowest BCUT2D eigenvalue weighted by molar-refractivity contribution is 0.179. The minimum absolute atomic E-state index is 0.571. The summed E-state index contributed by atoms with van der Waals surface area (Å²) in [6, 6.07) is 4.57.